The maximum atomic E-state index is 13.5. The van der Waals surface area contributed by atoms with Crippen LogP contribution in [0.3, 0.4) is 0 Å². The Labute approximate surface area is 196 Å². The number of allylic oxidation sites excluding steroid dienone is 3. The highest BCUT2D eigenvalue weighted by atomic mass is 79.9. The van der Waals surface area contributed by atoms with Gasteiger partial charge in [0.15, 0.2) is 5.78 Å². The van der Waals surface area contributed by atoms with Crippen molar-refractivity contribution in [2.75, 3.05) is 12.5 Å². The number of para-hydroxylation sites is 1. The van der Waals surface area contributed by atoms with Gasteiger partial charge in [-0.2, -0.15) is 5.26 Å². The van der Waals surface area contributed by atoms with Gasteiger partial charge < -0.3 is 10.5 Å². The molecule has 0 bridgehead atoms. The lowest BCUT2D eigenvalue weighted by Crippen LogP contribution is -2.44. The third-order valence-electron chi connectivity index (χ3n) is 5.90. The van der Waals surface area contributed by atoms with Gasteiger partial charge in [0.05, 0.1) is 36.1 Å². The van der Waals surface area contributed by atoms with E-state index >= 15 is 0 Å². The fraction of sp³-hybridized carbons (Fsp3) is 0.280. The number of methoxy groups -OCH3 is 1. The molecule has 2 aliphatic rings. The lowest BCUT2D eigenvalue weighted by Gasteiger charge is -2.43. The fourth-order valence-corrected chi connectivity index (χ4v) is 4.90. The largest absolute Gasteiger partial charge is 0.496 e. The van der Waals surface area contributed by atoms with E-state index in [9.17, 15) is 10.1 Å². The first kappa shape index (κ1) is 22.0. The van der Waals surface area contributed by atoms with Gasteiger partial charge in [0, 0.05) is 22.0 Å². The van der Waals surface area contributed by atoms with Crippen molar-refractivity contribution in [1.29, 1.82) is 5.26 Å². The third kappa shape index (κ3) is 3.87. The van der Waals surface area contributed by atoms with Crippen LogP contribution in [0.4, 0.5) is 5.69 Å². The van der Waals surface area contributed by atoms with Crippen LogP contribution in [0.15, 0.2) is 75.7 Å². The van der Waals surface area contributed by atoms with Crippen LogP contribution in [-0.2, 0) is 4.79 Å². The molecular formula is C25H25BrN4O2. The molecule has 164 valence electrons. The summed E-state index contributed by atoms with van der Waals surface area (Å²) in [4.78, 5) is 13.5. The van der Waals surface area contributed by atoms with Crippen LogP contribution in [0.5, 0.6) is 5.75 Å². The molecule has 0 saturated heterocycles. The molecule has 32 heavy (non-hydrogen) atoms. The smallest absolute Gasteiger partial charge is 0.162 e. The molecule has 0 amide bonds. The van der Waals surface area contributed by atoms with Crippen molar-refractivity contribution in [2.45, 2.75) is 32.6 Å². The summed E-state index contributed by atoms with van der Waals surface area (Å²) in [5.41, 5.74) is 12.9. The second-order valence-corrected chi connectivity index (χ2v) is 9.76. The van der Waals surface area contributed by atoms with Gasteiger partial charge in [0.1, 0.15) is 11.6 Å². The zero-order valence-corrected chi connectivity index (χ0v) is 19.9. The molecule has 3 N–H and O–H groups in total. The average Bonchev–Trinajstić information content (AvgIpc) is 2.75. The standard InChI is InChI=1S/C25H25BrN4O2/c1-25(2)12-19-23(20(31)13-25)22(17-11-15(26)9-10-21(17)32-3)18(14-27)24(28)30(19)29-16-7-5-4-6-8-16/h4-11,22,29H,12-13,28H2,1-3H3. The number of hydrogen-bond donors (Lipinski definition) is 2. The number of hydrazine groups is 1. The highest BCUT2D eigenvalue weighted by Crippen LogP contribution is 2.50. The molecule has 1 aliphatic carbocycles. The zero-order chi connectivity index (χ0) is 23.0. The first-order valence-electron chi connectivity index (χ1n) is 10.4. The number of carbonyl (C=O) groups excluding carboxylic acids is 1. The predicted octanol–water partition coefficient (Wildman–Crippen LogP) is 5.22. The number of nitrogens with one attached hydrogen (secondary N) is 1. The number of halogens is 1. The van der Waals surface area contributed by atoms with Crippen molar-refractivity contribution >= 4 is 27.4 Å². The first-order valence-corrected chi connectivity index (χ1v) is 11.2. The minimum Gasteiger partial charge on any atom is -0.496 e. The van der Waals surface area contributed by atoms with E-state index in [1.807, 2.05) is 48.5 Å². The van der Waals surface area contributed by atoms with Crippen LogP contribution >= 0.6 is 15.9 Å². The second-order valence-electron chi connectivity index (χ2n) is 8.84. The second kappa shape index (κ2) is 8.36. The molecule has 0 saturated carbocycles. The van der Waals surface area contributed by atoms with E-state index in [-0.39, 0.29) is 17.0 Å². The number of hydrogen-bond acceptors (Lipinski definition) is 6. The Hall–Kier alpha value is -3.24. The van der Waals surface area contributed by atoms with Crippen LogP contribution in [0.2, 0.25) is 0 Å². The maximum absolute atomic E-state index is 13.5. The molecule has 4 rings (SSSR count). The van der Waals surface area contributed by atoms with E-state index in [4.69, 9.17) is 10.5 Å². The lowest BCUT2D eigenvalue weighted by molar-refractivity contribution is -0.118. The molecule has 0 radical (unpaired) electrons. The number of nitrogens with two attached hydrogens (primary N) is 1. The molecule has 2 aromatic rings. The van der Waals surface area contributed by atoms with Crippen molar-refractivity contribution in [1.82, 2.24) is 5.01 Å². The van der Waals surface area contributed by atoms with Crippen molar-refractivity contribution in [3.63, 3.8) is 0 Å². The summed E-state index contributed by atoms with van der Waals surface area (Å²) in [5, 5.41) is 11.9. The van der Waals surface area contributed by atoms with Gasteiger partial charge >= 0.3 is 0 Å². The van der Waals surface area contributed by atoms with Gasteiger partial charge in [-0.1, -0.05) is 48.0 Å². The number of Topliss-reactive ketones (excluding diaryl/α,β-unsaturated/α-hetero) is 1. The molecule has 1 atom stereocenters. The van der Waals surface area contributed by atoms with Gasteiger partial charge in [0.25, 0.3) is 0 Å². The fourth-order valence-electron chi connectivity index (χ4n) is 4.52. The summed E-state index contributed by atoms with van der Waals surface area (Å²) < 4.78 is 6.44. The molecule has 1 aliphatic heterocycles. The van der Waals surface area contributed by atoms with E-state index in [1.54, 1.807) is 12.1 Å². The van der Waals surface area contributed by atoms with Crippen LogP contribution in [-0.4, -0.2) is 17.9 Å². The topological polar surface area (TPSA) is 91.4 Å². The van der Waals surface area contributed by atoms with Gasteiger partial charge in [-0.05, 0) is 42.2 Å². The summed E-state index contributed by atoms with van der Waals surface area (Å²) in [7, 11) is 1.58. The maximum Gasteiger partial charge on any atom is 0.162 e. The van der Waals surface area contributed by atoms with Crippen LogP contribution in [0.25, 0.3) is 0 Å². The van der Waals surface area contributed by atoms with Crippen molar-refractivity contribution in [2.24, 2.45) is 11.1 Å². The average molecular weight is 493 g/mol. The number of nitrogens with zero attached hydrogens (tertiary/aromatic N) is 2. The molecule has 6 nitrogen and oxygen atoms in total. The Morgan fingerprint density at radius 3 is 2.59 bits per heavy atom. The number of nitriles is 1. The molecule has 0 spiro atoms. The van der Waals surface area contributed by atoms with E-state index < -0.39 is 5.92 Å². The van der Waals surface area contributed by atoms with E-state index in [0.29, 0.717) is 29.7 Å². The minimum absolute atomic E-state index is 0.0170. The summed E-state index contributed by atoms with van der Waals surface area (Å²) in [6.07, 6.45) is 1.04. The SMILES string of the molecule is COc1ccc(Br)cc1C1C(C#N)=C(N)N(Nc2ccccc2)C2=C1C(=O)CC(C)(C)C2. The molecular weight excluding hydrogens is 468 g/mol. The minimum atomic E-state index is -0.597. The summed E-state index contributed by atoms with van der Waals surface area (Å²) in [6.45, 7) is 4.15. The normalized spacial score (nSPS) is 20.0. The van der Waals surface area contributed by atoms with E-state index in [1.165, 1.54) is 0 Å². The molecule has 0 aromatic heterocycles. The monoisotopic (exact) mass is 492 g/mol. The number of ketones is 1. The molecule has 1 heterocycles. The lowest BCUT2D eigenvalue weighted by atomic mass is 9.69. The predicted molar refractivity (Wildman–Crippen MR) is 127 cm³/mol. The highest BCUT2D eigenvalue weighted by Gasteiger charge is 2.45. The number of carbonyl (C=O) groups is 1. The Morgan fingerprint density at radius 1 is 1.22 bits per heavy atom. The number of rotatable bonds is 4. The van der Waals surface area contributed by atoms with Crippen molar-refractivity contribution in [3.8, 4) is 11.8 Å². The molecule has 2 aromatic carbocycles. The Balaban J connectivity index is 1.96. The quantitative estimate of drug-likeness (QED) is 0.607. The van der Waals surface area contributed by atoms with E-state index in [2.05, 4.69) is 41.3 Å². The van der Waals surface area contributed by atoms with Crippen molar-refractivity contribution in [3.05, 3.63) is 81.2 Å². The van der Waals surface area contributed by atoms with Crippen molar-refractivity contribution < 1.29 is 9.53 Å². The number of ether oxygens (including phenoxy) is 1. The molecule has 1 unspecified atom stereocenters. The summed E-state index contributed by atoms with van der Waals surface area (Å²) >= 11 is 3.52. The Kier molecular flexibility index (Phi) is 5.74. The van der Waals surface area contributed by atoms with E-state index in [0.717, 1.165) is 21.4 Å². The number of benzene rings is 2. The molecule has 7 heteroatoms. The van der Waals surface area contributed by atoms with Crippen LogP contribution < -0.4 is 15.9 Å². The Morgan fingerprint density at radius 2 is 1.94 bits per heavy atom. The third-order valence-corrected chi connectivity index (χ3v) is 6.39. The van der Waals surface area contributed by atoms with Crippen LogP contribution in [0.1, 0.15) is 38.2 Å². The molecule has 0 fully saturated rings. The van der Waals surface area contributed by atoms with Gasteiger partial charge in [-0.15, -0.1) is 0 Å². The van der Waals surface area contributed by atoms with Gasteiger partial charge in [0.2, 0.25) is 0 Å². The highest BCUT2D eigenvalue weighted by molar-refractivity contribution is 9.10. The van der Waals surface area contributed by atoms with Gasteiger partial charge in [-0.25, -0.2) is 5.01 Å². The Bertz CT molecular complexity index is 1180. The number of anilines is 1. The van der Waals surface area contributed by atoms with Gasteiger partial charge in [-0.3, -0.25) is 10.2 Å². The zero-order valence-electron chi connectivity index (χ0n) is 18.3. The summed E-state index contributed by atoms with van der Waals surface area (Å²) in [6, 6.07) is 17.5. The summed E-state index contributed by atoms with van der Waals surface area (Å²) in [5.74, 6) is 0.309. The first-order chi connectivity index (χ1) is 15.3. The van der Waals surface area contributed by atoms with Crippen LogP contribution in [0, 0.1) is 16.7 Å².